The second-order valence-corrected chi connectivity index (χ2v) is 7.62. The molecule has 6 nitrogen and oxygen atoms in total. The van der Waals surface area contributed by atoms with Crippen molar-refractivity contribution in [2.45, 2.75) is 6.61 Å². The molecule has 2 aromatic heterocycles. The lowest BCUT2D eigenvalue weighted by molar-refractivity contribution is 0.103. The molecule has 0 N–H and O–H groups in total. The molecule has 0 radical (unpaired) electrons. The lowest BCUT2D eigenvalue weighted by Crippen LogP contribution is -2.07. The molecule has 8 heteroatoms. The van der Waals surface area contributed by atoms with E-state index in [4.69, 9.17) is 16.3 Å². The summed E-state index contributed by atoms with van der Waals surface area (Å²) in [5.74, 6) is -0.520. The molecule has 0 saturated carbocycles. The number of ether oxygens (including phenoxy) is 1. The predicted octanol–water partition coefficient (Wildman–Crippen LogP) is 5.42. The van der Waals surface area contributed by atoms with Gasteiger partial charge >= 0.3 is 0 Å². The summed E-state index contributed by atoms with van der Waals surface area (Å²) < 4.78 is 22.1. The van der Waals surface area contributed by atoms with Crippen LogP contribution in [0.3, 0.4) is 0 Å². The summed E-state index contributed by atoms with van der Waals surface area (Å²) in [6, 6.07) is 16.9. The van der Waals surface area contributed by atoms with Crippen LogP contribution in [0, 0.1) is 5.82 Å². The van der Waals surface area contributed by atoms with E-state index in [1.54, 1.807) is 47.7 Å². The molecular formula is C25H16ClFN4O2. The first-order chi connectivity index (χ1) is 16.1. The summed E-state index contributed by atoms with van der Waals surface area (Å²) in [5, 5.41) is -0.0747. The summed E-state index contributed by atoms with van der Waals surface area (Å²) in [6.07, 6.45) is 6.57. The van der Waals surface area contributed by atoms with Crippen molar-refractivity contribution in [3.8, 4) is 11.6 Å². The lowest BCUT2D eigenvalue weighted by Gasteiger charge is -2.12. The Labute approximate surface area is 193 Å². The van der Waals surface area contributed by atoms with Crippen LogP contribution in [0.1, 0.15) is 21.5 Å². The molecule has 0 atom stereocenters. The van der Waals surface area contributed by atoms with Crippen molar-refractivity contribution >= 4 is 28.4 Å². The molecule has 162 valence electrons. The average molecular weight is 459 g/mol. The Kier molecular flexibility index (Phi) is 5.54. The Hall–Kier alpha value is -4.10. The zero-order chi connectivity index (χ0) is 22.8. The van der Waals surface area contributed by atoms with E-state index in [-0.39, 0.29) is 28.5 Å². The number of fused-ring (bicyclic) bond motifs is 1. The number of hydrogen-bond acceptors (Lipinski definition) is 5. The Morgan fingerprint density at radius 2 is 1.91 bits per heavy atom. The molecule has 5 rings (SSSR count). The first-order valence-electron chi connectivity index (χ1n) is 10.0. The maximum atomic E-state index is 14.7. The number of halogens is 2. The van der Waals surface area contributed by atoms with Crippen LogP contribution < -0.4 is 4.74 Å². The number of benzene rings is 3. The quantitative estimate of drug-likeness (QED) is 0.318. The van der Waals surface area contributed by atoms with E-state index in [2.05, 4.69) is 15.0 Å². The van der Waals surface area contributed by atoms with Crippen LogP contribution in [0.5, 0.6) is 5.75 Å². The smallest absolute Gasteiger partial charge is 0.197 e. The monoisotopic (exact) mass is 458 g/mol. The van der Waals surface area contributed by atoms with Crippen LogP contribution in [-0.2, 0) is 6.61 Å². The Balaban J connectivity index is 1.48. The van der Waals surface area contributed by atoms with Crippen molar-refractivity contribution in [3.05, 3.63) is 113 Å². The molecule has 0 bridgehead atoms. The van der Waals surface area contributed by atoms with E-state index in [1.165, 1.54) is 12.1 Å². The third-order valence-corrected chi connectivity index (χ3v) is 5.46. The van der Waals surface area contributed by atoms with Crippen LogP contribution in [0.15, 0.2) is 85.6 Å². The lowest BCUT2D eigenvalue weighted by atomic mass is 10.0. The van der Waals surface area contributed by atoms with Gasteiger partial charge in [0, 0.05) is 18.0 Å². The number of aromatic nitrogens is 4. The first kappa shape index (κ1) is 20.8. The maximum Gasteiger partial charge on any atom is 0.197 e. The zero-order valence-corrected chi connectivity index (χ0v) is 17.9. The van der Waals surface area contributed by atoms with E-state index < -0.39 is 11.6 Å². The average Bonchev–Trinajstić information content (AvgIpc) is 3.38. The largest absolute Gasteiger partial charge is 0.487 e. The third kappa shape index (κ3) is 4.18. The minimum atomic E-state index is -0.726. The number of carbonyl (C=O) groups excluding carboxylic acids is 1. The van der Waals surface area contributed by atoms with Crippen molar-refractivity contribution in [1.29, 1.82) is 0 Å². The molecular weight excluding hydrogens is 443 g/mol. The number of rotatable bonds is 6. The van der Waals surface area contributed by atoms with Gasteiger partial charge in [-0.3, -0.25) is 14.3 Å². The van der Waals surface area contributed by atoms with Gasteiger partial charge in [-0.15, -0.1) is 0 Å². The zero-order valence-electron chi connectivity index (χ0n) is 17.2. The van der Waals surface area contributed by atoms with Crippen LogP contribution in [0.4, 0.5) is 4.39 Å². The molecule has 0 fully saturated rings. The minimum absolute atomic E-state index is 0.0747. The normalized spacial score (nSPS) is 11.0. The standard InChI is InChI=1S/C25H16ClFN4O2/c26-24-21(33-14-16-4-2-1-3-5-16)9-7-18(27)23(24)25(32)17-6-8-19-20(12-17)30-22(13-29-19)31-11-10-28-15-31/h1-13,15H,14H2. The van der Waals surface area contributed by atoms with E-state index in [0.29, 0.717) is 16.9 Å². The number of carbonyl (C=O) groups is 1. The summed E-state index contributed by atoms with van der Waals surface area (Å²) in [5.41, 5.74) is 2.00. The fourth-order valence-electron chi connectivity index (χ4n) is 3.39. The van der Waals surface area contributed by atoms with Crippen molar-refractivity contribution < 1.29 is 13.9 Å². The summed E-state index contributed by atoms with van der Waals surface area (Å²) >= 11 is 6.41. The third-order valence-electron chi connectivity index (χ3n) is 5.08. The van der Waals surface area contributed by atoms with Gasteiger partial charge in [0.15, 0.2) is 11.6 Å². The highest BCUT2D eigenvalue weighted by Gasteiger charge is 2.22. The fraction of sp³-hybridized carbons (Fsp3) is 0.0400. The van der Waals surface area contributed by atoms with Gasteiger partial charge in [0.05, 0.1) is 27.8 Å². The molecule has 0 unspecified atom stereocenters. The fourth-order valence-corrected chi connectivity index (χ4v) is 3.69. The molecule has 3 aromatic carbocycles. The number of hydrogen-bond donors (Lipinski definition) is 0. The van der Waals surface area contributed by atoms with Gasteiger partial charge < -0.3 is 4.74 Å². The van der Waals surface area contributed by atoms with E-state index in [0.717, 1.165) is 5.56 Å². The minimum Gasteiger partial charge on any atom is -0.487 e. The van der Waals surface area contributed by atoms with Crippen LogP contribution in [0.25, 0.3) is 16.9 Å². The second kappa shape index (κ2) is 8.80. The van der Waals surface area contributed by atoms with Gasteiger partial charge in [-0.25, -0.2) is 14.4 Å². The summed E-state index contributed by atoms with van der Waals surface area (Å²) in [7, 11) is 0. The molecule has 0 aliphatic rings. The Morgan fingerprint density at radius 1 is 1.06 bits per heavy atom. The van der Waals surface area contributed by atoms with Crippen molar-refractivity contribution in [2.24, 2.45) is 0 Å². The van der Waals surface area contributed by atoms with Gasteiger partial charge in [0.2, 0.25) is 0 Å². The van der Waals surface area contributed by atoms with Gasteiger partial charge in [0.25, 0.3) is 0 Å². The molecule has 0 saturated heterocycles. The van der Waals surface area contributed by atoms with Crippen LogP contribution in [-0.4, -0.2) is 25.3 Å². The molecule has 33 heavy (non-hydrogen) atoms. The van der Waals surface area contributed by atoms with Gasteiger partial charge in [-0.1, -0.05) is 41.9 Å². The topological polar surface area (TPSA) is 69.9 Å². The van der Waals surface area contributed by atoms with E-state index in [9.17, 15) is 9.18 Å². The second-order valence-electron chi connectivity index (χ2n) is 7.24. The highest BCUT2D eigenvalue weighted by molar-refractivity contribution is 6.36. The van der Waals surface area contributed by atoms with E-state index >= 15 is 0 Å². The number of ketones is 1. The van der Waals surface area contributed by atoms with Crippen molar-refractivity contribution in [3.63, 3.8) is 0 Å². The Bertz CT molecular complexity index is 1460. The number of nitrogens with zero attached hydrogens (tertiary/aromatic N) is 4. The molecule has 5 aromatic rings. The highest BCUT2D eigenvalue weighted by Crippen LogP contribution is 2.33. The SMILES string of the molecule is O=C(c1ccc2ncc(-n3ccnc3)nc2c1)c1c(F)ccc(OCc2ccccc2)c1Cl. The summed E-state index contributed by atoms with van der Waals surface area (Å²) in [6.45, 7) is 0.239. The molecule has 0 spiro atoms. The summed E-state index contributed by atoms with van der Waals surface area (Å²) in [4.78, 5) is 26.1. The number of imidazole rings is 1. The van der Waals surface area contributed by atoms with E-state index in [1.807, 2.05) is 30.3 Å². The maximum absolute atomic E-state index is 14.7. The highest BCUT2D eigenvalue weighted by atomic mass is 35.5. The van der Waals surface area contributed by atoms with Gasteiger partial charge in [-0.05, 0) is 35.9 Å². The molecule has 0 amide bonds. The molecule has 0 aliphatic carbocycles. The van der Waals surface area contributed by atoms with Gasteiger partial charge in [0.1, 0.15) is 24.5 Å². The van der Waals surface area contributed by atoms with Crippen molar-refractivity contribution in [1.82, 2.24) is 19.5 Å². The first-order valence-corrected chi connectivity index (χ1v) is 10.4. The molecule has 2 heterocycles. The van der Waals surface area contributed by atoms with Crippen molar-refractivity contribution in [2.75, 3.05) is 0 Å². The molecule has 0 aliphatic heterocycles. The Morgan fingerprint density at radius 3 is 2.70 bits per heavy atom. The predicted molar refractivity (Wildman–Crippen MR) is 122 cm³/mol. The van der Waals surface area contributed by atoms with Crippen LogP contribution in [0.2, 0.25) is 5.02 Å². The van der Waals surface area contributed by atoms with Gasteiger partial charge in [-0.2, -0.15) is 0 Å². The van der Waals surface area contributed by atoms with Crippen LogP contribution >= 0.6 is 11.6 Å².